The van der Waals surface area contributed by atoms with Crippen molar-refractivity contribution < 1.29 is 19.1 Å². The Kier molecular flexibility index (Phi) is 7.96. The average Bonchev–Trinajstić information content (AvgIpc) is 3.37. The summed E-state index contributed by atoms with van der Waals surface area (Å²) in [5, 5.41) is 6.12. The van der Waals surface area contributed by atoms with Gasteiger partial charge in [0.05, 0.1) is 6.10 Å². The first-order chi connectivity index (χ1) is 16.6. The first-order valence-electron chi connectivity index (χ1n) is 11.1. The molecule has 1 fully saturated rings. The van der Waals surface area contributed by atoms with E-state index in [9.17, 15) is 9.59 Å². The van der Waals surface area contributed by atoms with Gasteiger partial charge in [-0.05, 0) is 73.0 Å². The van der Waals surface area contributed by atoms with E-state index in [1.54, 1.807) is 36.4 Å². The minimum Gasteiger partial charge on any atom is -0.457 e. The van der Waals surface area contributed by atoms with Crippen LogP contribution in [0.3, 0.4) is 0 Å². The second kappa shape index (κ2) is 11.5. The van der Waals surface area contributed by atoms with E-state index in [1.165, 1.54) is 0 Å². The van der Waals surface area contributed by atoms with Crippen LogP contribution in [0.4, 0.5) is 0 Å². The van der Waals surface area contributed by atoms with Crippen molar-refractivity contribution in [3.63, 3.8) is 0 Å². The lowest BCUT2D eigenvalue weighted by Crippen LogP contribution is -2.38. The zero-order valence-corrected chi connectivity index (χ0v) is 19.3. The smallest absolute Gasteiger partial charge is 0.267 e. The molecule has 0 spiro atoms. The number of hydrogen-bond donors (Lipinski definition) is 2. The second-order valence-electron chi connectivity index (χ2n) is 7.85. The molecule has 0 saturated carbocycles. The van der Waals surface area contributed by atoms with Gasteiger partial charge in [-0.1, -0.05) is 41.9 Å². The van der Waals surface area contributed by atoms with Crippen molar-refractivity contribution in [3.05, 3.63) is 101 Å². The molecule has 1 aliphatic rings. The van der Waals surface area contributed by atoms with Gasteiger partial charge in [0.1, 0.15) is 17.2 Å². The summed E-state index contributed by atoms with van der Waals surface area (Å²) in [6.07, 6.45) is 3.48. The molecule has 7 heteroatoms. The number of halogens is 1. The topological polar surface area (TPSA) is 76.7 Å². The molecule has 3 aromatic rings. The minimum atomic E-state index is -0.410. The number of rotatable bonds is 8. The minimum absolute atomic E-state index is 0.0141. The van der Waals surface area contributed by atoms with Crippen LogP contribution in [0.1, 0.15) is 28.8 Å². The Morgan fingerprint density at radius 2 is 1.76 bits per heavy atom. The van der Waals surface area contributed by atoms with E-state index in [1.807, 2.05) is 48.5 Å². The van der Waals surface area contributed by atoms with Crippen LogP contribution in [-0.2, 0) is 9.53 Å². The summed E-state index contributed by atoms with van der Waals surface area (Å²) in [5.41, 5.74) is 1.21. The molecule has 34 heavy (non-hydrogen) atoms. The fourth-order valence-corrected chi connectivity index (χ4v) is 3.65. The maximum absolute atomic E-state index is 13.0. The highest BCUT2D eigenvalue weighted by Gasteiger charge is 2.19. The Morgan fingerprint density at radius 1 is 1.00 bits per heavy atom. The molecule has 0 aliphatic carbocycles. The Labute approximate surface area is 203 Å². The Morgan fingerprint density at radius 3 is 2.50 bits per heavy atom. The van der Waals surface area contributed by atoms with Gasteiger partial charge in [0, 0.05) is 23.7 Å². The lowest BCUT2D eigenvalue weighted by Gasteiger charge is -2.14. The number of benzene rings is 3. The molecule has 6 nitrogen and oxygen atoms in total. The maximum Gasteiger partial charge on any atom is 0.267 e. The Balaban J connectivity index is 1.54. The van der Waals surface area contributed by atoms with Gasteiger partial charge >= 0.3 is 0 Å². The van der Waals surface area contributed by atoms with Gasteiger partial charge < -0.3 is 20.1 Å². The van der Waals surface area contributed by atoms with E-state index in [-0.39, 0.29) is 11.8 Å². The molecule has 2 amide bonds. The second-order valence-corrected chi connectivity index (χ2v) is 8.29. The van der Waals surface area contributed by atoms with E-state index in [4.69, 9.17) is 21.1 Å². The summed E-state index contributed by atoms with van der Waals surface area (Å²) >= 11 is 5.93. The SMILES string of the molecule is O=C(NCC1CCCO1)/C(=C/c1cccc(Oc2ccccc2)c1)NC(=O)c1ccc(Cl)cc1. The fraction of sp³-hybridized carbons (Fsp3) is 0.185. The number of carbonyl (C=O) groups is 2. The van der Waals surface area contributed by atoms with Crippen molar-refractivity contribution >= 4 is 29.5 Å². The molecular weight excluding hydrogens is 452 g/mol. The average molecular weight is 477 g/mol. The van der Waals surface area contributed by atoms with E-state index in [2.05, 4.69) is 10.6 Å². The maximum atomic E-state index is 13.0. The molecule has 2 N–H and O–H groups in total. The zero-order valence-electron chi connectivity index (χ0n) is 18.5. The lowest BCUT2D eigenvalue weighted by molar-refractivity contribution is -0.118. The van der Waals surface area contributed by atoms with Crippen LogP contribution in [0.2, 0.25) is 5.02 Å². The van der Waals surface area contributed by atoms with Crippen molar-refractivity contribution in [1.82, 2.24) is 10.6 Å². The number of amides is 2. The van der Waals surface area contributed by atoms with E-state index in [0.717, 1.165) is 12.8 Å². The largest absolute Gasteiger partial charge is 0.457 e. The summed E-state index contributed by atoms with van der Waals surface area (Å²) in [4.78, 5) is 25.8. The van der Waals surface area contributed by atoms with Crippen molar-refractivity contribution in [2.45, 2.75) is 18.9 Å². The third kappa shape index (κ3) is 6.70. The van der Waals surface area contributed by atoms with E-state index >= 15 is 0 Å². The highest BCUT2D eigenvalue weighted by Crippen LogP contribution is 2.23. The monoisotopic (exact) mass is 476 g/mol. The van der Waals surface area contributed by atoms with Gasteiger partial charge in [-0.3, -0.25) is 9.59 Å². The number of ether oxygens (including phenoxy) is 2. The molecule has 0 bridgehead atoms. The van der Waals surface area contributed by atoms with Gasteiger partial charge in [0.25, 0.3) is 11.8 Å². The molecule has 1 unspecified atom stereocenters. The summed E-state index contributed by atoms with van der Waals surface area (Å²) in [7, 11) is 0. The summed E-state index contributed by atoms with van der Waals surface area (Å²) in [5.74, 6) is 0.511. The first-order valence-corrected chi connectivity index (χ1v) is 11.5. The summed E-state index contributed by atoms with van der Waals surface area (Å²) in [6, 6.07) is 23.2. The van der Waals surface area contributed by atoms with Gasteiger partial charge in [-0.25, -0.2) is 0 Å². The molecule has 0 radical (unpaired) electrons. The molecule has 1 aliphatic heterocycles. The zero-order chi connectivity index (χ0) is 23.8. The molecule has 3 aromatic carbocycles. The van der Waals surface area contributed by atoms with Crippen LogP contribution in [0.25, 0.3) is 6.08 Å². The van der Waals surface area contributed by atoms with E-state index in [0.29, 0.717) is 40.8 Å². The fourth-order valence-electron chi connectivity index (χ4n) is 3.52. The van der Waals surface area contributed by atoms with Crippen molar-refractivity contribution in [2.24, 2.45) is 0 Å². The third-order valence-corrected chi connectivity index (χ3v) is 5.51. The quantitative estimate of drug-likeness (QED) is 0.438. The van der Waals surface area contributed by atoms with Crippen LogP contribution >= 0.6 is 11.6 Å². The van der Waals surface area contributed by atoms with Crippen molar-refractivity contribution in [1.29, 1.82) is 0 Å². The highest BCUT2D eigenvalue weighted by molar-refractivity contribution is 6.30. The Hall–Kier alpha value is -3.61. The Bertz CT molecular complexity index is 1160. The van der Waals surface area contributed by atoms with Crippen LogP contribution in [0.15, 0.2) is 84.6 Å². The van der Waals surface area contributed by atoms with Gasteiger partial charge in [0.2, 0.25) is 0 Å². The van der Waals surface area contributed by atoms with Gasteiger partial charge in [-0.2, -0.15) is 0 Å². The molecule has 1 atom stereocenters. The van der Waals surface area contributed by atoms with Crippen molar-refractivity contribution in [2.75, 3.05) is 13.2 Å². The molecular formula is C27H25ClN2O4. The van der Waals surface area contributed by atoms with E-state index < -0.39 is 11.8 Å². The summed E-state index contributed by atoms with van der Waals surface area (Å²) < 4.78 is 11.5. The van der Waals surface area contributed by atoms with Crippen molar-refractivity contribution in [3.8, 4) is 11.5 Å². The molecule has 174 valence electrons. The van der Waals surface area contributed by atoms with Crippen LogP contribution in [0.5, 0.6) is 11.5 Å². The van der Waals surface area contributed by atoms with Gasteiger partial charge in [0.15, 0.2) is 0 Å². The summed E-state index contributed by atoms with van der Waals surface area (Å²) in [6.45, 7) is 1.08. The van der Waals surface area contributed by atoms with Crippen LogP contribution in [-0.4, -0.2) is 31.1 Å². The third-order valence-electron chi connectivity index (χ3n) is 5.26. The predicted octanol–water partition coefficient (Wildman–Crippen LogP) is 5.20. The van der Waals surface area contributed by atoms with Crippen LogP contribution < -0.4 is 15.4 Å². The lowest BCUT2D eigenvalue weighted by atomic mass is 10.1. The first kappa shape index (κ1) is 23.5. The number of nitrogens with one attached hydrogen (secondary N) is 2. The number of carbonyl (C=O) groups excluding carboxylic acids is 2. The molecule has 0 aromatic heterocycles. The highest BCUT2D eigenvalue weighted by atomic mass is 35.5. The predicted molar refractivity (Wildman–Crippen MR) is 132 cm³/mol. The number of para-hydroxylation sites is 1. The molecule has 4 rings (SSSR count). The molecule has 1 heterocycles. The van der Waals surface area contributed by atoms with Crippen LogP contribution in [0, 0.1) is 0 Å². The standard InChI is InChI=1S/C27H25ClN2O4/c28-21-13-11-20(12-14-21)26(31)30-25(27(32)29-18-24-10-5-15-33-24)17-19-6-4-9-23(16-19)34-22-7-2-1-3-8-22/h1-4,6-9,11-14,16-17,24H,5,10,15,18H2,(H,29,32)(H,30,31)/b25-17-. The molecule has 1 saturated heterocycles. The van der Waals surface area contributed by atoms with Gasteiger partial charge in [-0.15, -0.1) is 0 Å². The number of hydrogen-bond acceptors (Lipinski definition) is 4. The normalized spacial score (nSPS) is 15.6.